The molecule has 2 aromatic carbocycles. The van der Waals surface area contributed by atoms with Gasteiger partial charge in [-0.1, -0.05) is 6.07 Å². The number of hydrogen-bond acceptors (Lipinski definition) is 3. The Bertz CT molecular complexity index is 896. The predicted molar refractivity (Wildman–Crippen MR) is 86.4 cm³/mol. The summed E-state index contributed by atoms with van der Waals surface area (Å²) in [7, 11) is -0.915. The van der Waals surface area contributed by atoms with Crippen molar-refractivity contribution < 1.29 is 22.0 Å². The summed E-state index contributed by atoms with van der Waals surface area (Å²) in [4.78, 5) is 12.1. The van der Waals surface area contributed by atoms with Gasteiger partial charge in [0.25, 0.3) is 5.91 Å². The second kappa shape index (κ2) is 6.66. The quantitative estimate of drug-likeness (QED) is 0.918. The maximum absolute atomic E-state index is 13.7. The van der Waals surface area contributed by atoms with Gasteiger partial charge in [-0.25, -0.2) is 21.5 Å². The van der Waals surface area contributed by atoms with Crippen LogP contribution in [-0.4, -0.2) is 32.7 Å². The lowest BCUT2D eigenvalue weighted by molar-refractivity contribution is 0.102. The lowest BCUT2D eigenvalue weighted by Gasteiger charge is -2.14. The Morgan fingerprint density at radius 1 is 1.08 bits per heavy atom. The molecule has 2 aromatic rings. The molecule has 0 fully saturated rings. The van der Waals surface area contributed by atoms with Gasteiger partial charge in [-0.15, -0.1) is 0 Å². The number of anilines is 1. The van der Waals surface area contributed by atoms with E-state index in [1.54, 1.807) is 6.92 Å². The van der Waals surface area contributed by atoms with Crippen molar-refractivity contribution in [3.05, 3.63) is 59.2 Å². The van der Waals surface area contributed by atoms with Crippen LogP contribution < -0.4 is 5.32 Å². The van der Waals surface area contributed by atoms with Gasteiger partial charge in [-0.05, 0) is 42.8 Å². The summed E-state index contributed by atoms with van der Waals surface area (Å²) in [6.45, 7) is 1.66. The SMILES string of the molecule is Cc1ccc(S(=O)(=O)N(C)C)cc1NC(=O)c1cc(F)ccc1F. The van der Waals surface area contributed by atoms with Gasteiger partial charge < -0.3 is 5.32 Å². The number of benzene rings is 2. The van der Waals surface area contributed by atoms with Crippen LogP contribution in [-0.2, 0) is 10.0 Å². The Morgan fingerprint density at radius 2 is 1.75 bits per heavy atom. The number of nitrogens with one attached hydrogen (secondary N) is 1. The van der Waals surface area contributed by atoms with Crippen molar-refractivity contribution in [3.8, 4) is 0 Å². The highest BCUT2D eigenvalue weighted by Crippen LogP contribution is 2.23. The average Bonchev–Trinajstić information content (AvgIpc) is 2.51. The van der Waals surface area contributed by atoms with Crippen molar-refractivity contribution >= 4 is 21.6 Å². The van der Waals surface area contributed by atoms with Crippen LogP contribution >= 0.6 is 0 Å². The molecular formula is C16H16F2N2O3S. The Balaban J connectivity index is 2.39. The topological polar surface area (TPSA) is 66.5 Å². The number of hydrogen-bond donors (Lipinski definition) is 1. The fourth-order valence-electron chi connectivity index (χ4n) is 1.97. The van der Waals surface area contributed by atoms with E-state index in [1.807, 2.05) is 0 Å². The zero-order valence-corrected chi connectivity index (χ0v) is 14.1. The third-order valence-electron chi connectivity index (χ3n) is 3.41. The second-order valence-corrected chi connectivity index (χ2v) is 7.49. The van der Waals surface area contributed by atoms with E-state index in [9.17, 15) is 22.0 Å². The molecule has 128 valence electrons. The molecule has 0 aliphatic rings. The van der Waals surface area contributed by atoms with Crippen LogP contribution in [0.4, 0.5) is 14.5 Å². The maximum Gasteiger partial charge on any atom is 0.258 e. The molecule has 5 nitrogen and oxygen atoms in total. The molecule has 24 heavy (non-hydrogen) atoms. The van der Waals surface area contributed by atoms with E-state index in [1.165, 1.54) is 32.3 Å². The molecule has 0 unspecified atom stereocenters. The minimum Gasteiger partial charge on any atom is -0.322 e. The number of carbonyl (C=O) groups excluding carboxylic acids is 1. The Kier molecular flexibility index (Phi) is 5.00. The third kappa shape index (κ3) is 3.60. The van der Waals surface area contributed by atoms with E-state index in [2.05, 4.69) is 5.32 Å². The lowest BCUT2D eigenvalue weighted by atomic mass is 10.1. The van der Waals surface area contributed by atoms with E-state index in [0.29, 0.717) is 5.56 Å². The number of nitrogens with zero attached hydrogens (tertiary/aromatic N) is 1. The van der Waals surface area contributed by atoms with Crippen LogP contribution in [0.15, 0.2) is 41.3 Å². The summed E-state index contributed by atoms with van der Waals surface area (Å²) in [6, 6.07) is 6.74. The first kappa shape index (κ1) is 18.0. The molecule has 8 heteroatoms. The van der Waals surface area contributed by atoms with Crippen LogP contribution in [0.5, 0.6) is 0 Å². The normalized spacial score (nSPS) is 11.6. The molecule has 0 atom stereocenters. The summed E-state index contributed by atoms with van der Waals surface area (Å²) in [6.07, 6.45) is 0. The highest BCUT2D eigenvalue weighted by atomic mass is 32.2. The van der Waals surface area contributed by atoms with Gasteiger partial charge in [0.05, 0.1) is 10.5 Å². The highest BCUT2D eigenvalue weighted by Gasteiger charge is 2.20. The molecule has 0 aliphatic heterocycles. The average molecular weight is 354 g/mol. The van der Waals surface area contributed by atoms with Gasteiger partial charge in [0.2, 0.25) is 10.0 Å². The van der Waals surface area contributed by atoms with Gasteiger partial charge in [0.1, 0.15) is 11.6 Å². The molecular weight excluding hydrogens is 338 g/mol. The van der Waals surface area contributed by atoms with E-state index < -0.39 is 33.1 Å². The van der Waals surface area contributed by atoms with Crippen LogP contribution in [0.25, 0.3) is 0 Å². The zero-order chi connectivity index (χ0) is 18.1. The number of amides is 1. The van der Waals surface area contributed by atoms with E-state index >= 15 is 0 Å². The Morgan fingerprint density at radius 3 is 2.38 bits per heavy atom. The molecule has 2 rings (SSSR count). The zero-order valence-electron chi connectivity index (χ0n) is 13.3. The van der Waals surface area contributed by atoms with Crippen molar-refractivity contribution in [1.82, 2.24) is 4.31 Å². The van der Waals surface area contributed by atoms with Gasteiger partial charge in [0, 0.05) is 19.8 Å². The Labute approximate surface area is 139 Å². The second-order valence-electron chi connectivity index (χ2n) is 5.34. The minimum absolute atomic E-state index is 0.0203. The van der Waals surface area contributed by atoms with Gasteiger partial charge in [0.15, 0.2) is 0 Å². The summed E-state index contributed by atoms with van der Waals surface area (Å²) in [5.74, 6) is -2.49. The molecule has 0 saturated carbocycles. The molecule has 0 saturated heterocycles. The molecule has 0 spiro atoms. The van der Waals surface area contributed by atoms with E-state index in [-0.39, 0.29) is 10.6 Å². The van der Waals surface area contributed by atoms with Crippen LogP contribution in [0.3, 0.4) is 0 Å². The summed E-state index contributed by atoms with van der Waals surface area (Å²) >= 11 is 0. The van der Waals surface area contributed by atoms with Gasteiger partial charge in [-0.2, -0.15) is 0 Å². The molecule has 0 bridgehead atoms. The smallest absolute Gasteiger partial charge is 0.258 e. The van der Waals surface area contributed by atoms with Crippen LogP contribution in [0, 0.1) is 18.6 Å². The molecule has 0 aromatic heterocycles. The molecule has 0 heterocycles. The van der Waals surface area contributed by atoms with Crippen molar-refractivity contribution in [1.29, 1.82) is 0 Å². The molecule has 1 N–H and O–H groups in total. The molecule has 1 amide bonds. The lowest BCUT2D eigenvalue weighted by Crippen LogP contribution is -2.22. The van der Waals surface area contributed by atoms with Gasteiger partial charge >= 0.3 is 0 Å². The van der Waals surface area contributed by atoms with E-state index in [4.69, 9.17) is 0 Å². The highest BCUT2D eigenvalue weighted by molar-refractivity contribution is 7.89. The first-order valence-electron chi connectivity index (χ1n) is 6.92. The predicted octanol–water partition coefficient (Wildman–Crippen LogP) is 2.78. The number of halogens is 2. The Hall–Kier alpha value is -2.32. The molecule has 0 aliphatic carbocycles. The number of aryl methyl sites for hydroxylation is 1. The van der Waals surface area contributed by atoms with Crippen molar-refractivity contribution in [2.45, 2.75) is 11.8 Å². The largest absolute Gasteiger partial charge is 0.322 e. The minimum atomic E-state index is -3.68. The van der Waals surface area contributed by atoms with Crippen molar-refractivity contribution in [3.63, 3.8) is 0 Å². The first-order chi connectivity index (χ1) is 11.1. The van der Waals surface area contributed by atoms with Gasteiger partial charge in [-0.3, -0.25) is 4.79 Å². The van der Waals surface area contributed by atoms with Crippen molar-refractivity contribution in [2.75, 3.05) is 19.4 Å². The standard InChI is InChI=1S/C16H16F2N2O3S/c1-10-4-6-12(24(22,23)20(2)3)9-15(10)19-16(21)13-8-11(17)5-7-14(13)18/h4-9H,1-3H3,(H,19,21). The fraction of sp³-hybridized carbons (Fsp3) is 0.188. The first-order valence-corrected chi connectivity index (χ1v) is 8.36. The number of carbonyl (C=O) groups is 1. The van der Waals surface area contributed by atoms with Crippen LogP contribution in [0.1, 0.15) is 15.9 Å². The van der Waals surface area contributed by atoms with E-state index in [0.717, 1.165) is 22.5 Å². The summed E-state index contributed by atoms with van der Waals surface area (Å²) in [5.41, 5.74) is 0.319. The monoisotopic (exact) mass is 354 g/mol. The number of sulfonamides is 1. The third-order valence-corrected chi connectivity index (χ3v) is 5.22. The van der Waals surface area contributed by atoms with Crippen LogP contribution in [0.2, 0.25) is 0 Å². The summed E-state index contributed by atoms with van der Waals surface area (Å²) in [5, 5.41) is 2.42. The maximum atomic E-state index is 13.7. The summed E-state index contributed by atoms with van der Waals surface area (Å²) < 4.78 is 52.2. The number of rotatable bonds is 4. The van der Waals surface area contributed by atoms with Crippen molar-refractivity contribution in [2.24, 2.45) is 0 Å². The molecule has 0 radical (unpaired) electrons. The fourth-order valence-corrected chi connectivity index (χ4v) is 2.90.